The molecule has 0 unspecified atom stereocenters. The van der Waals surface area contributed by atoms with E-state index < -0.39 is 29.7 Å². The molecule has 0 aliphatic heterocycles. The molecule has 1 amide bonds. The molecule has 0 aliphatic rings. The van der Waals surface area contributed by atoms with Crippen LogP contribution in [-0.4, -0.2) is 36.3 Å². The van der Waals surface area contributed by atoms with Crippen molar-refractivity contribution in [2.24, 2.45) is 0 Å². The first-order valence-corrected chi connectivity index (χ1v) is 8.57. The second-order valence-electron chi connectivity index (χ2n) is 6.64. The molecule has 0 heterocycles. The Balaban J connectivity index is 2.55. The van der Waals surface area contributed by atoms with E-state index in [2.05, 4.69) is 5.32 Å². The average Bonchev–Trinajstić information content (AvgIpc) is 2.56. The number of hydrogen-bond donors (Lipinski definition) is 1. The summed E-state index contributed by atoms with van der Waals surface area (Å²) in [6, 6.07) is 8.18. The number of carbonyl (C=O) groups excluding carboxylic acids is 3. The van der Waals surface area contributed by atoms with Gasteiger partial charge in [0.2, 0.25) is 0 Å². The lowest BCUT2D eigenvalue weighted by atomic mass is 10.1. The summed E-state index contributed by atoms with van der Waals surface area (Å²) in [5.74, 6) is -1.07. The Bertz CT molecular complexity index is 594. The number of hydrogen-bond acceptors (Lipinski definition) is 6. The van der Waals surface area contributed by atoms with E-state index >= 15 is 0 Å². The summed E-state index contributed by atoms with van der Waals surface area (Å²) < 4.78 is 15.2. The Morgan fingerprint density at radius 3 is 2.31 bits per heavy atom. The number of alkyl carbamates (subject to hydrolysis) is 1. The van der Waals surface area contributed by atoms with Gasteiger partial charge in [0, 0.05) is 6.42 Å². The topological polar surface area (TPSA) is 90.9 Å². The van der Waals surface area contributed by atoms with Crippen LogP contribution < -0.4 is 5.32 Å². The van der Waals surface area contributed by atoms with E-state index in [4.69, 9.17) is 14.2 Å². The van der Waals surface area contributed by atoms with Gasteiger partial charge in [-0.1, -0.05) is 30.3 Å². The SMILES string of the molecule is CCOC(=O)[C@@H](CCC(=O)OC(C)(C)C)NC(=O)OCc1ccccc1. The third kappa shape index (κ3) is 9.05. The third-order valence-electron chi connectivity index (χ3n) is 3.13. The van der Waals surface area contributed by atoms with E-state index in [-0.39, 0.29) is 26.1 Å². The van der Waals surface area contributed by atoms with Gasteiger partial charge < -0.3 is 19.5 Å². The van der Waals surface area contributed by atoms with E-state index in [1.54, 1.807) is 27.7 Å². The van der Waals surface area contributed by atoms with Gasteiger partial charge in [0.1, 0.15) is 18.2 Å². The summed E-state index contributed by atoms with van der Waals surface area (Å²) in [5.41, 5.74) is 0.211. The fraction of sp³-hybridized carbons (Fsp3) is 0.526. The van der Waals surface area contributed by atoms with Crippen LogP contribution in [-0.2, 0) is 30.4 Å². The normalized spacial score (nSPS) is 12.0. The molecule has 1 aromatic carbocycles. The molecule has 0 saturated carbocycles. The maximum absolute atomic E-state index is 12.0. The van der Waals surface area contributed by atoms with Gasteiger partial charge in [-0.2, -0.15) is 0 Å². The van der Waals surface area contributed by atoms with E-state index in [1.807, 2.05) is 30.3 Å². The van der Waals surface area contributed by atoms with E-state index in [0.29, 0.717) is 0 Å². The number of esters is 2. The molecule has 144 valence electrons. The zero-order chi connectivity index (χ0) is 19.6. The maximum Gasteiger partial charge on any atom is 0.408 e. The minimum Gasteiger partial charge on any atom is -0.464 e. The van der Waals surface area contributed by atoms with Crippen LogP contribution >= 0.6 is 0 Å². The van der Waals surface area contributed by atoms with Crippen LogP contribution in [0.25, 0.3) is 0 Å². The van der Waals surface area contributed by atoms with Gasteiger partial charge in [0.05, 0.1) is 6.61 Å². The molecule has 0 radical (unpaired) electrons. The summed E-state index contributed by atoms with van der Waals surface area (Å²) in [5, 5.41) is 2.45. The average molecular weight is 365 g/mol. The quantitative estimate of drug-likeness (QED) is 0.563. The van der Waals surface area contributed by atoms with Crippen molar-refractivity contribution in [3.8, 4) is 0 Å². The lowest BCUT2D eigenvalue weighted by Crippen LogP contribution is -2.42. The summed E-state index contributed by atoms with van der Waals surface area (Å²) in [6.07, 6.45) is -0.718. The molecule has 7 heteroatoms. The Morgan fingerprint density at radius 1 is 1.08 bits per heavy atom. The van der Waals surface area contributed by atoms with E-state index in [9.17, 15) is 14.4 Å². The fourth-order valence-electron chi connectivity index (χ4n) is 2.05. The van der Waals surface area contributed by atoms with Gasteiger partial charge in [0.25, 0.3) is 0 Å². The molecule has 0 bridgehead atoms. The van der Waals surface area contributed by atoms with Crippen molar-refractivity contribution < 1.29 is 28.6 Å². The Kier molecular flexibility index (Phi) is 8.61. The van der Waals surface area contributed by atoms with Gasteiger partial charge in [-0.05, 0) is 39.7 Å². The summed E-state index contributed by atoms with van der Waals surface area (Å²) >= 11 is 0. The van der Waals surface area contributed by atoms with Crippen LogP contribution in [0, 0.1) is 0 Å². The summed E-state index contributed by atoms with van der Waals surface area (Å²) in [7, 11) is 0. The van der Waals surface area contributed by atoms with Gasteiger partial charge in [0.15, 0.2) is 0 Å². The van der Waals surface area contributed by atoms with Crippen LogP contribution in [0.15, 0.2) is 30.3 Å². The zero-order valence-electron chi connectivity index (χ0n) is 15.7. The first kappa shape index (κ1) is 21.5. The highest BCUT2D eigenvalue weighted by Crippen LogP contribution is 2.11. The van der Waals surface area contributed by atoms with Gasteiger partial charge >= 0.3 is 18.0 Å². The van der Waals surface area contributed by atoms with Crippen molar-refractivity contribution in [2.45, 2.75) is 58.8 Å². The summed E-state index contributed by atoms with van der Waals surface area (Å²) in [6.45, 7) is 7.18. The first-order chi connectivity index (χ1) is 12.2. The summed E-state index contributed by atoms with van der Waals surface area (Å²) in [4.78, 5) is 35.8. The molecule has 0 spiro atoms. The number of benzene rings is 1. The van der Waals surface area contributed by atoms with E-state index in [1.165, 1.54) is 0 Å². The van der Waals surface area contributed by atoms with Gasteiger partial charge in [-0.25, -0.2) is 9.59 Å². The molecule has 1 rings (SSSR count). The first-order valence-electron chi connectivity index (χ1n) is 8.57. The maximum atomic E-state index is 12.0. The molecule has 1 N–H and O–H groups in total. The van der Waals surface area contributed by atoms with Crippen LogP contribution in [0.4, 0.5) is 4.79 Å². The molecule has 1 atom stereocenters. The Labute approximate surface area is 154 Å². The zero-order valence-corrected chi connectivity index (χ0v) is 15.7. The monoisotopic (exact) mass is 365 g/mol. The van der Waals surface area contributed by atoms with Crippen LogP contribution in [0.5, 0.6) is 0 Å². The predicted molar refractivity (Wildman–Crippen MR) is 95.3 cm³/mol. The molecular weight excluding hydrogens is 338 g/mol. The number of ether oxygens (including phenoxy) is 3. The van der Waals surface area contributed by atoms with E-state index in [0.717, 1.165) is 5.56 Å². The van der Waals surface area contributed by atoms with Crippen molar-refractivity contribution in [1.29, 1.82) is 0 Å². The molecule has 0 aromatic heterocycles. The van der Waals surface area contributed by atoms with Crippen molar-refractivity contribution >= 4 is 18.0 Å². The lowest BCUT2D eigenvalue weighted by molar-refractivity contribution is -0.155. The van der Waals surface area contributed by atoms with Gasteiger partial charge in [-0.3, -0.25) is 4.79 Å². The molecule has 7 nitrogen and oxygen atoms in total. The lowest BCUT2D eigenvalue weighted by Gasteiger charge is -2.21. The second kappa shape index (κ2) is 10.4. The number of amides is 1. The second-order valence-corrected chi connectivity index (χ2v) is 6.64. The Morgan fingerprint density at radius 2 is 1.73 bits per heavy atom. The number of nitrogens with one attached hydrogen (secondary N) is 1. The highest BCUT2D eigenvalue weighted by atomic mass is 16.6. The Hall–Kier alpha value is -2.57. The minimum absolute atomic E-state index is 0.0281. The van der Waals surface area contributed by atoms with Crippen LogP contribution in [0.2, 0.25) is 0 Å². The fourth-order valence-corrected chi connectivity index (χ4v) is 2.05. The molecule has 0 fully saturated rings. The van der Waals surface area contributed by atoms with Crippen molar-refractivity contribution in [3.05, 3.63) is 35.9 Å². The molecular formula is C19H27NO6. The third-order valence-corrected chi connectivity index (χ3v) is 3.13. The highest BCUT2D eigenvalue weighted by molar-refractivity contribution is 5.82. The van der Waals surface area contributed by atoms with Crippen LogP contribution in [0.1, 0.15) is 46.1 Å². The van der Waals surface area contributed by atoms with Crippen molar-refractivity contribution in [1.82, 2.24) is 5.32 Å². The van der Waals surface area contributed by atoms with Crippen molar-refractivity contribution in [3.63, 3.8) is 0 Å². The minimum atomic E-state index is -0.981. The largest absolute Gasteiger partial charge is 0.464 e. The number of carbonyl (C=O) groups is 3. The number of rotatable bonds is 8. The molecule has 26 heavy (non-hydrogen) atoms. The predicted octanol–water partition coefficient (Wildman–Crippen LogP) is 2.97. The highest BCUT2D eigenvalue weighted by Gasteiger charge is 2.25. The van der Waals surface area contributed by atoms with Gasteiger partial charge in [-0.15, -0.1) is 0 Å². The molecule has 0 saturated heterocycles. The molecule has 1 aromatic rings. The smallest absolute Gasteiger partial charge is 0.408 e. The van der Waals surface area contributed by atoms with Crippen molar-refractivity contribution in [2.75, 3.05) is 6.61 Å². The van der Waals surface area contributed by atoms with Crippen LogP contribution in [0.3, 0.4) is 0 Å². The molecule has 0 aliphatic carbocycles. The standard InChI is InChI=1S/C19H27NO6/c1-5-24-17(22)15(11-12-16(21)26-19(2,3)4)20-18(23)25-13-14-9-7-6-8-10-14/h6-10,15H,5,11-13H2,1-4H3,(H,20,23)/t15-/m1/s1.